The van der Waals surface area contributed by atoms with Crippen molar-refractivity contribution >= 4 is 39.2 Å². The third-order valence-electron chi connectivity index (χ3n) is 12.4. The lowest BCUT2D eigenvalue weighted by molar-refractivity contribution is -0.145. The number of hydrogen-bond acceptors (Lipinski definition) is 7. The number of rotatable bonds is 14. The summed E-state index contributed by atoms with van der Waals surface area (Å²) in [6, 6.07) is -2.29. The van der Waals surface area contributed by atoms with Gasteiger partial charge in [-0.25, -0.2) is 13.2 Å². The first-order valence-electron chi connectivity index (χ1n) is 19.1. The first-order chi connectivity index (χ1) is 23.1. The molecule has 12 heteroatoms. The van der Waals surface area contributed by atoms with Crippen molar-refractivity contribution in [2.24, 2.45) is 34.5 Å². The van der Waals surface area contributed by atoms with Crippen LogP contribution in [0.5, 0.6) is 0 Å². The Hall–Kier alpha value is -2.50. The van der Waals surface area contributed by atoms with Crippen molar-refractivity contribution in [1.29, 1.82) is 0 Å². The van der Waals surface area contributed by atoms with E-state index < -0.39 is 61.3 Å². The van der Waals surface area contributed by atoms with Crippen LogP contribution in [0.4, 0.5) is 4.79 Å². The number of amides is 4. The second-order valence-corrected chi connectivity index (χ2v) is 21.7. The largest absolute Gasteiger partial charge is 0.347 e. The highest BCUT2D eigenvalue weighted by Gasteiger charge is 2.69. The monoisotopic (exact) mass is 718 g/mol. The van der Waals surface area contributed by atoms with Gasteiger partial charge < -0.3 is 20.9 Å². The summed E-state index contributed by atoms with van der Waals surface area (Å²) in [6.07, 6.45) is 8.74. The molecule has 0 bridgehead atoms. The summed E-state index contributed by atoms with van der Waals surface area (Å²) in [5.74, 6) is -2.03. The number of carbonyl (C=O) groups is 5. The molecule has 0 unspecified atom stereocenters. The summed E-state index contributed by atoms with van der Waals surface area (Å²) in [4.78, 5) is 70.4. The number of piperidine rings is 1. The molecule has 1 saturated heterocycles. The fourth-order valence-electron chi connectivity index (χ4n) is 8.42. The minimum Gasteiger partial charge on any atom is -0.347 e. The number of likely N-dealkylation sites (tertiary alicyclic amines) is 1. The third-order valence-corrected chi connectivity index (χ3v) is 15.2. The number of hydrogen-bond donors (Lipinski definition) is 3. The highest BCUT2D eigenvalue weighted by molar-refractivity contribution is 7.92. The molecule has 4 saturated carbocycles. The molecule has 0 aromatic heterocycles. The van der Waals surface area contributed by atoms with Gasteiger partial charge in [0.15, 0.2) is 15.6 Å². The minimum atomic E-state index is -3.55. The lowest BCUT2D eigenvalue weighted by atomic mass is 9.83. The van der Waals surface area contributed by atoms with E-state index in [1.807, 2.05) is 20.8 Å². The van der Waals surface area contributed by atoms with E-state index in [4.69, 9.17) is 0 Å². The van der Waals surface area contributed by atoms with Crippen LogP contribution in [0, 0.1) is 34.5 Å². The summed E-state index contributed by atoms with van der Waals surface area (Å²) in [5, 5.41) is 8.74. The quantitative estimate of drug-likeness (QED) is 0.220. The van der Waals surface area contributed by atoms with Crippen molar-refractivity contribution in [2.45, 2.75) is 161 Å². The standard InChI is InChI=1S/C38H62N4O7S/c1-35(2,3)31(40-34(47)41-38(18-10-9-11-19-38)22-50(48,49)36(4,5)6)33(46)42-21-26-28(37(26,7)8)29(42)27(43)20-24(15-14-23-12-13-23)30(44)32(45)39-25-16-17-25/h23-26,28-29,31H,9-22H2,1-8H3,(H,39,45)(H2,40,41,47)/t24-,26-,28-,29+,31+/m0/s1. The number of nitrogens with one attached hydrogen (secondary N) is 3. The number of sulfone groups is 1. The van der Waals surface area contributed by atoms with E-state index in [2.05, 4.69) is 29.8 Å². The van der Waals surface area contributed by atoms with Crippen molar-refractivity contribution < 1.29 is 32.4 Å². The Balaban J connectivity index is 1.33. The molecule has 4 amide bonds. The number of fused-ring (bicyclic) bond motifs is 1. The summed E-state index contributed by atoms with van der Waals surface area (Å²) >= 11 is 0. The van der Waals surface area contributed by atoms with Crippen molar-refractivity contribution in [1.82, 2.24) is 20.9 Å². The molecule has 3 N–H and O–H groups in total. The lowest BCUT2D eigenvalue weighted by Gasteiger charge is -2.41. The zero-order chi connectivity index (χ0) is 37.0. The number of nitrogens with zero attached hydrogens (tertiary/aromatic N) is 1. The van der Waals surface area contributed by atoms with Crippen molar-refractivity contribution in [3.63, 3.8) is 0 Å². The van der Waals surface area contributed by atoms with Gasteiger partial charge in [0.25, 0.3) is 5.91 Å². The second-order valence-electron chi connectivity index (χ2n) is 19.0. The Bertz CT molecular complexity index is 1460. The van der Waals surface area contributed by atoms with E-state index in [0.717, 1.165) is 51.4 Å². The Kier molecular flexibility index (Phi) is 10.7. The van der Waals surface area contributed by atoms with E-state index in [1.165, 1.54) is 0 Å². The summed E-state index contributed by atoms with van der Waals surface area (Å²) in [5.41, 5.74) is -1.82. The number of Topliss-reactive ketones (excluding diaryl/α,β-unsaturated/α-hetero) is 2. The molecule has 5 rings (SSSR count). The molecule has 5 atom stereocenters. The molecule has 50 heavy (non-hydrogen) atoms. The third kappa shape index (κ3) is 8.58. The molecule has 5 fully saturated rings. The Morgan fingerprint density at radius 1 is 0.900 bits per heavy atom. The van der Waals surface area contributed by atoms with E-state index in [0.29, 0.717) is 31.7 Å². The van der Waals surface area contributed by atoms with Gasteiger partial charge in [-0.3, -0.25) is 19.2 Å². The van der Waals surface area contributed by atoms with Crippen molar-refractivity contribution in [3.8, 4) is 0 Å². The van der Waals surface area contributed by atoms with Crippen LogP contribution >= 0.6 is 0 Å². The van der Waals surface area contributed by atoms with Gasteiger partial charge in [-0.15, -0.1) is 0 Å². The van der Waals surface area contributed by atoms with Crippen molar-refractivity contribution in [2.75, 3.05) is 12.3 Å². The van der Waals surface area contributed by atoms with E-state index in [9.17, 15) is 32.4 Å². The molecule has 4 aliphatic carbocycles. The molecule has 1 heterocycles. The maximum atomic E-state index is 14.5. The van der Waals surface area contributed by atoms with Crippen LogP contribution < -0.4 is 16.0 Å². The average molecular weight is 719 g/mol. The molecule has 0 aromatic rings. The minimum absolute atomic E-state index is 0.0390. The first kappa shape index (κ1) is 38.7. The molecule has 0 radical (unpaired) electrons. The fraction of sp³-hybridized carbons (Fsp3) is 0.868. The molecule has 282 valence electrons. The van der Waals surface area contributed by atoms with Gasteiger partial charge in [0, 0.05) is 24.9 Å². The van der Waals surface area contributed by atoms with Crippen LogP contribution in [0.1, 0.15) is 132 Å². The summed E-state index contributed by atoms with van der Waals surface area (Å²) in [6.45, 7) is 15.2. The van der Waals surface area contributed by atoms with Crippen LogP contribution in [-0.2, 0) is 29.0 Å². The van der Waals surface area contributed by atoms with E-state index in [1.54, 1.807) is 25.7 Å². The number of ketones is 2. The Morgan fingerprint density at radius 2 is 1.52 bits per heavy atom. The van der Waals surface area contributed by atoms with Crippen LogP contribution in [0.25, 0.3) is 0 Å². The predicted octanol–water partition coefficient (Wildman–Crippen LogP) is 4.71. The maximum absolute atomic E-state index is 14.5. The van der Waals surface area contributed by atoms with Gasteiger partial charge >= 0.3 is 6.03 Å². The summed E-state index contributed by atoms with van der Waals surface area (Å²) < 4.78 is 25.7. The van der Waals surface area contributed by atoms with Gasteiger partial charge in [0.1, 0.15) is 6.04 Å². The summed E-state index contributed by atoms with van der Waals surface area (Å²) in [7, 11) is -3.55. The van der Waals surface area contributed by atoms with Gasteiger partial charge in [0.05, 0.1) is 22.1 Å². The molecule has 0 spiro atoms. The van der Waals surface area contributed by atoms with Crippen molar-refractivity contribution in [3.05, 3.63) is 0 Å². The van der Waals surface area contributed by atoms with Gasteiger partial charge in [0.2, 0.25) is 11.7 Å². The smallest absolute Gasteiger partial charge is 0.315 e. The molecular weight excluding hydrogens is 657 g/mol. The van der Waals surface area contributed by atoms with E-state index in [-0.39, 0.29) is 47.2 Å². The van der Waals surface area contributed by atoms with Gasteiger partial charge in [-0.2, -0.15) is 0 Å². The predicted molar refractivity (Wildman–Crippen MR) is 192 cm³/mol. The highest BCUT2D eigenvalue weighted by Crippen LogP contribution is 2.65. The normalized spacial score (nSPS) is 27.0. The van der Waals surface area contributed by atoms with Gasteiger partial charge in [-0.05, 0) is 87.9 Å². The maximum Gasteiger partial charge on any atom is 0.315 e. The lowest BCUT2D eigenvalue weighted by Crippen LogP contribution is -2.63. The van der Waals surface area contributed by atoms with Crippen LogP contribution in [-0.4, -0.2) is 83.4 Å². The van der Waals surface area contributed by atoms with Crippen LogP contribution in [0.3, 0.4) is 0 Å². The van der Waals surface area contributed by atoms with E-state index >= 15 is 0 Å². The van der Waals surface area contributed by atoms with Crippen LogP contribution in [0.15, 0.2) is 0 Å². The average Bonchev–Trinajstić information content (AvgIpc) is 3.95. The molecule has 5 aliphatic rings. The molecule has 1 aliphatic heterocycles. The number of carbonyl (C=O) groups excluding carboxylic acids is 5. The molecular formula is C38H62N4O7S. The highest BCUT2D eigenvalue weighted by atomic mass is 32.2. The Labute approximate surface area is 299 Å². The fourth-order valence-corrected chi connectivity index (χ4v) is 9.94. The zero-order valence-electron chi connectivity index (χ0n) is 31.7. The first-order valence-corrected chi connectivity index (χ1v) is 20.7. The zero-order valence-corrected chi connectivity index (χ0v) is 32.5. The Morgan fingerprint density at radius 3 is 2.06 bits per heavy atom. The topological polar surface area (TPSA) is 159 Å². The van der Waals surface area contributed by atoms with Gasteiger partial charge in [-0.1, -0.05) is 66.7 Å². The molecule has 11 nitrogen and oxygen atoms in total. The molecule has 0 aromatic carbocycles. The van der Waals surface area contributed by atoms with Crippen LogP contribution in [0.2, 0.25) is 0 Å². The number of urea groups is 1. The SMILES string of the molecule is CC(C)(C)[C@H](NC(=O)NC1(CS(=O)(=O)C(C)(C)C)CCCCC1)C(=O)N1C[C@H]2[C@@H]([C@H]1C(=O)C[C@H](CCC1CC1)C(=O)C(=O)NC1CC1)C2(C)C. The second kappa shape index (κ2) is 13.8.